The molecule has 2 aromatic heterocycles. The Kier molecular flexibility index (Phi) is 3.26. The van der Waals surface area contributed by atoms with Gasteiger partial charge in [-0.2, -0.15) is 0 Å². The van der Waals surface area contributed by atoms with Gasteiger partial charge < -0.3 is 0 Å². The molecule has 0 spiro atoms. The fourth-order valence-electron chi connectivity index (χ4n) is 1.17. The van der Waals surface area contributed by atoms with Crippen LogP contribution in [0.3, 0.4) is 0 Å². The molecular weight excluding hydrogens is 262 g/mol. The summed E-state index contributed by atoms with van der Waals surface area (Å²) in [6.07, 6.45) is 2.83. The fourth-order valence-corrected chi connectivity index (χ4v) is 2.43. The Hall–Kier alpha value is -1.66. The summed E-state index contributed by atoms with van der Waals surface area (Å²) in [4.78, 5) is 7.64. The van der Waals surface area contributed by atoms with E-state index in [9.17, 15) is 8.42 Å². The van der Waals surface area contributed by atoms with Crippen LogP contribution >= 0.6 is 11.6 Å². The minimum atomic E-state index is -3.67. The van der Waals surface area contributed by atoms with E-state index in [2.05, 4.69) is 14.7 Å². The minimum absolute atomic E-state index is 0.0446. The van der Waals surface area contributed by atoms with E-state index in [4.69, 9.17) is 11.6 Å². The van der Waals surface area contributed by atoms with Crippen LogP contribution in [-0.4, -0.2) is 18.4 Å². The number of hydrogen-bond acceptors (Lipinski definition) is 4. The van der Waals surface area contributed by atoms with E-state index in [1.807, 2.05) is 0 Å². The molecule has 0 aliphatic carbocycles. The molecule has 0 saturated heterocycles. The zero-order valence-corrected chi connectivity index (χ0v) is 10.1. The molecule has 0 fully saturated rings. The number of pyridine rings is 2. The molecule has 7 heteroatoms. The molecule has 2 aromatic rings. The van der Waals surface area contributed by atoms with Gasteiger partial charge in [-0.3, -0.25) is 4.72 Å². The number of halogens is 1. The Bertz CT molecular complexity index is 616. The van der Waals surface area contributed by atoms with Crippen molar-refractivity contribution in [1.29, 1.82) is 0 Å². The maximum atomic E-state index is 11.9. The second-order valence-electron chi connectivity index (χ2n) is 3.13. The number of rotatable bonds is 3. The Balaban J connectivity index is 2.32. The van der Waals surface area contributed by atoms with Gasteiger partial charge in [0.25, 0.3) is 10.0 Å². The monoisotopic (exact) mass is 269 g/mol. The molecule has 0 radical (unpaired) electrons. The summed E-state index contributed by atoms with van der Waals surface area (Å²) < 4.78 is 26.2. The molecule has 0 amide bonds. The maximum Gasteiger partial charge on any atom is 0.263 e. The van der Waals surface area contributed by atoms with Crippen LogP contribution < -0.4 is 4.72 Å². The van der Waals surface area contributed by atoms with Gasteiger partial charge in [0.1, 0.15) is 11.0 Å². The zero-order valence-electron chi connectivity index (χ0n) is 8.54. The van der Waals surface area contributed by atoms with Crippen molar-refractivity contribution in [2.24, 2.45) is 0 Å². The average molecular weight is 270 g/mol. The first-order valence-electron chi connectivity index (χ1n) is 4.63. The fraction of sp³-hybridized carbons (Fsp3) is 0. The summed E-state index contributed by atoms with van der Waals surface area (Å²) in [5, 5.41) is 0.119. The number of hydrogen-bond donors (Lipinski definition) is 1. The molecule has 2 rings (SSSR count). The lowest BCUT2D eigenvalue weighted by Crippen LogP contribution is -2.13. The third-order valence-corrected chi connectivity index (χ3v) is 3.47. The minimum Gasteiger partial charge on any atom is -0.263 e. The molecule has 0 aliphatic rings. The number of nitrogens with zero attached hydrogens (tertiary/aromatic N) is 2. The van der Waals surface area contributed by atoms with E-state index in [1.54, 1.807) is 18.2 Å². The highest BCUT2D eigenvalue weighted by Gasteiger charge is 2.14. The van der Waals surface area contributed by atoms with Gasteiger partial charge in [0, 0.05) is 12.4 Å². The quantitative estimate of drug-likeness (QED) is 0.864. The molecule has 2 heterocycles. The third-order valence-electron chi connectivity index (χ3n) is 1.91. The molecule has 1 N–H and O–H groups in total. The molecule has 0 atom stereocenters. The predicted molar refractivity (Wildman–Crippen MR) is 64.3 cm³/mol. The molecule has 88 valence electrons. The van der Waals surface area contributed by atoms with E-state index in [-0.39, 0.29) is 15.9 Å². The van der Waals surface area contributed by atoms with Crippen molar-refractivity contribution in [2.45, 2.75) is 4.90 Å². The first kappa shape index (κ1) is 11.8. The lowest BCUT2D eigenvalue weighted by Gasteiger charge is -2.06. The smallest absolute Gasteiger partial charge is 0.263 e. The highest BCUT2D eigenvalue weighted by molar-refractivity contribution is 7.92. The molecule has 0 aromatic carbocycles. The summed E-state index contributed by atoms with van der Waals surface area (Å²) in [6.45, 7) is 0. The molecule has 0 unspecified atom stereocenters. The van der Waals surface area contributed by atoms with Crippen molar-refractivity contribution in [3.05, 3.63) is 47.9 Å². The number of sulfonamides is 1. The van der Waals surface area contributed by atoms with Crippen molar-refractivity contribution in [1.82, 2.24) is 9.97 Å². The van der Waals surface area contributed by atoms with Crippen LogP contribution in [-0.2, 0) is 10.0 Å². The topological polar surface area (TPSA) is 72.0 Å². The SMILES string of the molecule is O=S(=O)(Nc1ccccn1)c1ccnc(Cl)c1. The maximum absolute atomic E-state index is 11.9. The first-order valence-corrected chi connectivity index (χ1v) is 6.49. The Morgan fingerprint density at radius 2 is 1.94 bits per heavy atom. The van der Waals surface area contributed by atoms with Gasteiger partial charge in [0.2, 0.25) is 0 Å². The summed E-state index contributed by atoms with van der Waals surface area (Å²) in [6, 6.07) is 7.57. The number of nitrogens with one attached hydrogen (secondary N) is 1. The summed E-state index contributed by atoms with van der Waals surface area (Å²) >= 11 is 5.63. The lowest BCUT2D eigenvalue weighted by molar-refractivity contribution is 0.601. The van der Waals surface area contributed by atoms with Crippen LogP contribution in [0.2, 0.25) is 5.15 Å². The van der Waals surface area contributed by atoms with Crippen LogP contribution in [0.5, 0.6) is 0 Å². The van der Waals surface area contributed by atoms with E-state index in [1.165, 1.54) is 24.5 Å². The van der Waals surface area contributed by atoms with Crippen molar-refractivity contribution in [3.8, 4) is 0 Å². The standard InChI is InChI=1S/C10H8ClN3O2S/c11-9-7-8(4-6-12-9)17(15,16)14-10-3-1-2-5-13-10/h1-7H,(H,13,14). The van der Waals surface area contributed by atoms with Crippen LogP contribution in [0.4, 0.5) is 5.82 Å². The lowest BCUT2D eigenvalue weighted by atomic mass is 10.5. The van der Waals surface area contributed by atoms with Gasteiger partial charge in [-0.25, -0.2) is 18.4 Å². The summed E-state index contributed by atoms with van der Waals surface area (Å²) in [5.41, 5.74) is 0. The van der Waals surface area contributed by atoms with E-state index < -0.39 is 10.0 Å². The molecule has 0 saturated carbocycles. The first-order chi connectivity index (χ1) is 8.08. The number of aromatic nitrogens is 2. The van der Waals surface area contributed by atoms with Gasteiger partial charge >= 0.3 is 0 Å². The van der Waals surface area contributed by atoms with Crippen LogP contribution in [0, 0.1) is 0 Å². The van der Waals surface area contributed by atoms with Gasteiger partial charge in [0.05, 0.1) is 4.90 Å². The van der Waals surface area contributed by atoms with Crippen LogP contribution in [0.15, 0.2) is 47.6 Å². The summed E-state index contributed by atoms with van der Waals surface area (Å²) in [7, 11) is -3.67. The van der Waals surface area contributed by atoms with Crippen molar-refractivity contribution >= 4 is 27.4 Å². The Morgan fingerprint density at radius 1 is 1.12 bits per heavy atom. The average Bonchev–Trinajstić information content (AvgIpc) is 2.30. The molecule has 0 aliphatic heterocycles. The van der Waals surface area contributed by atoms with E-state index >= 15 is 0 Å². The van der Waals surface area contributed by atoms with Gasteiger partial charge in [-0.05, 0) is 24.3 Å². The Labute approximate surface area is 104 Å². The van der Waals surface area contributed by atoms with Crippen LogP contribution in [0.25, 0.3) is 0 Å². The molecule has 0 bridgehead atoms. The summed E-state index contributed by atoms with van der Waals surface area (Å²) in [5.74, 6) is 0.250. The molecule has 5 nitrogen and oxygen atoms in total. The van der Waals surface area contributed by atoms with Crippen molar-refractivity contribution < 1.29 is 8.42 Å². The normalized spacial score (nSPS) is 11.1. The largest absolute Gasteiger partial charge is 0.263 e. The van der Waals surface area contributed by atoms with E-state index in [0.29, 0.717) is 0 Å². The van der Waals surface area contributed by atoms with Crippen LogP contribution in [0.1, 0.15) is 0 Å². The van der Waals surface area contributed by atoms with Crippen molar-refractivity contribution in [2.75, 3.05) is 4.72 Å². The zero-order chi connectivity index (χ0) is 12.3. The second-order valence-corrected chi connectivity index (χ2v) is 5.20. The predicted octanol–water partition coefficient (Wildman–Crippen LogP) is 1.93. The second kappa shape index (κ2) is 4.68. The molecule has 17 heavy (non-hydrogen) atoms. The molecular formula is C10H8ClN3O2S. The highest BCUT2D eigenvalue weighted by atomic mass is 35.5. The van der Waals surface area contributed by atoms with Gasteiger partial charge in [-0.1, -0.05) is 17.7 Å². The Morgan fingerprint density at radius 3 is 2.59 bits per heavy atom. The van der Waals surface area contributed by atoms with Crippen molar-refractivity contribution in [3.63, 3.8) is 0 Å². The van der Waals surface area contributed by atoms with Gasteiger partial charge in [0.15, 0.2) is 0 Å². The highest BCUT2D eigenvalue weighted by Crippen LogP contribution is 2.15. The third kappa shape index (κ3) is 2.92. The van der Waals surface area contributed by atoms with Gasteiger partial charge in [-0.15, -0.1) is 0 Å². The number of anilines is 1. The van der Waals surface area contributed by atoms with E-state index in [0.717, 1.165) is 0 Å².